The standard InChI is InChI=1S/C16H11Br2ClN2O4/c17-12-5-9(6-13(18)15(12)25-8-14(22)23)7-20-21-16(24)10-1-3-11(19)4-2-10/h1-7H,8H2,(H,21,24)(H,22,23)/b20-7-. The third-order valence-electron chi connectivity index (χ3n) is 2.85. The van der Waals surface area contributed by atoms with Gasteiger partial charge in [-0.15, -0.1) is 0 Å². The second-order valence-electron chi connectivity index (χ2n) is 4.70. The lowest BCUT2D eigenvalue weighted by Gasteiger charge is -2.09. The molecule has 2 rings (SSSR count). The summed E-state index contributed by atoms with van der Waals surface area (Å²) in [4.78, 5) is 22.5. The van der Waals surface area contributed by atoms with Crippen molar-refractivity contribution in [1.82, 2.24) is 5.43 Å². The van der Waals surface area contributed by atoms with E-state index in [0.717, 1.165) is 0 Å². The summed E-state index contributed by atoms with van der Waals surface area (Å²) in [6, 6.07) is 9.78. The third-order valence-corrected chi connectivity index (χ3v) is 4.28. The molecule has 0 heterocycles. The second kappa shape index (κ2) is 8.98. The van der Waals surface area contributed by atoms with E-state index >= 15 is 0 Å². The van der Waals surface area contributed by atoms with Gasteiger partial charge in [0.25, 0.3) is 5.91 Å². The number of carbonyl (C=O) groups excluding carboxylic acids is 1. The minimum Gasteiger partial charge on any atom is -0.480 e. The zero-order valence-electron chi connectivity index (χ0n) is 12.5. The number of nitrogens with zero attached hydrogens (tertiary/aromatic N) is 1. The number of carbonyl (C=O) groups is 2. The Balaban J connectivity index is 2.04. The molecule has 6 nitrogen and oxygen atoms in total. The summed E-state index contributed by atoms with van der Waals surface area (Å²) in [6.07, 6.45) is 1.45. The van der Waals surface area contributed by atoms with Crippen molar-refractivity contribution in [3.05, 3.63) is 61.5 Å². The lowest BCUT2D eigenvalue weighted by atomic mass is 10.2. The van der Waals surface area contributed by atoms with E-state index in [1.165, 1.54) is 6.21 Å². The molecule has 0 bridgehead atoms. The molecule has 130 valence electrons. The first-order valence-corrected chi connectivity index (χ1v) is 8.76. The fourth-order valence-electron chi connectivity index (χ4n) is 1.76. The Hall–Kier alpha value is -1.90. The van der Waals surface area contributed by atoms with Crippen LogP contribution in [0.1, 0.15) is 15.9 Å². The third kappa shape index (κ3) is 5.84. The van der Waals surface area contributed by atoms with Crippen LogP contribution in [0.5, 0.6) is 5.75 Å². The van der Waals surface area contributed by atoms with Crippen LogP contribution in [0.15, 0.2) is 50.4 Å². The number of aliphatic carboxylic acids is 1. The Kier molecular flexibility index (Phi) is 6.98. The first kappa shape index (κ1) is 19.4. The van der Waals surface area contributed by atoms with Gasteiger partial charge in [-0.05, 0) is 73.8 Å². The van der Waals surface area contributed by atoms with Gasteiger partial charge in [-0.2, -0.15) is 5.10 Å². The lowest BCUT2D eigenvalue weighted by Crippen LogP contribution is -2.17. The highest BCUT2D eigenvalue weighted by Crippen LogP contribution is 2.34. The maximum absolute atomic E-state index is 11.9. The fourth-order valence-corrected chi connectivity index (χ4v) is 3.33. The number of ether oxygens (including phenoxy) is 1. The number of rotatable bonds is 6. The summed E-state index contributed by atoms with van der Waals surface area (Å²) in [5, 5.41) is 13.1. The molecule has 2 aromatic rings. The molecule has 0 aliphatic rings. The van der Waals surface area contributed by atoms with Crippen molar-refractivity contribution >= 4 is 61.6 Å². The van der Waals surface area contributed by atoms with Gasteiger partial charge >= 0.3 is 5.97 Å². The number of halogens is 3. The van der Waals surface area contributed by atoms with E-state index in [1.807, 2.05) is 0 Å². The van der Waals surface area contributed by atoms with Crippen LogP contribution < -0.4 is 10.2 Å². The van der Waals surface area contributed by atoms with Gasteiger partial charge in [0.1, 0.15) is 5.75 Å². The highest BCUT2D eigenvalue weighted by molar-refractivity contribution is 9.11. The molecule has 0 aliphatic heterocycles. The first-order chi connectivity index (χ1) is 11.9. The molecule has 0 unspecified atom stereocenters. The Morgan fingerprint density at radius 3 is 2.36 bits per heavy atom. The van der Waals surface area contributed by atoms with Crippen LogP contribution in [0.4, 0.5) is 0 Å². The van der Waals surface area contributed by atoms with Gasteiger partial charge in [-0.3, -0.25) is 4.79 Å². The predicted molar refractivity (Wildman–Crippen MR) is 101 cm³/mol. The zero-order chi connectivity index (χ0) is 18.4. The maximum atomic E-state index is 11.9. The highest BCUT2D eigenvalue weighted by atomic mass is 79.9. The summed E-state index contributed by atoms with van der Waals surface area (Å²) in [5.74, 6) is -1.08. The molecule has 0 fully saturated rings. The normalized spacial score (nSPS) is 10.7. The molecule has 0 aromatic heterocycles. The molecular weight excluding hydrogens is 479 g/mol. The quantitative estimate of drug-likeness (QED) is 0.472. The minimum absolute atomic E-state index is 0.366. The number of hydrogen-bond donors (Lipinski definition) is 2. The van der Waals surface area contributed by atoms with Gasteiger partial charge in [0.05, 0.1) is 15.2 Å². The smallest absolute Gasteiger partial charge is 0.341 e. The van der Waals surface area contributed by atoms with E-state index in [2.05, 4.69) is 42.4 Å². The molecule has 0 aliphatic carbocycles. The first-order valence-electron chi connectivity index (χ1n) is 6.79. The van der Waals surface area contributed by atoms with E-state index in [1.54, 1.807) is 36.4 Å². The van der Waals surface area contributed by atoms with Crippen LogP contribution in [-0.4, -0.2) is 29.8 Å². The molecule has 25 heavy (non-hydrogen) atoms. The summed E-state index contributed by atoms with van der Waals surface area (Å²) in [6.45, 7) is -0.457. The van der Waals surface area contributed by atoms with E-state index in [-0.39, 0.29) is 5.91 Å². The van der Waals surface area contributed by atoms with Gasteiger partial charge in [0.2, 0.25) is 0 Å². The van der Waals surface area contributed by atoms with Crippen molar-refractivity contribution in [1.29, 1.82) is 0 Å². The van der Waals surface area contributed by atoms with Crippen LogP contribution >= 0.6 is 43.5 Å². The summed E-state index contributed by atoms with van der Waals surface area (Å²) >= 11 is 12.4. The van der Waals surface area contributed by atoms with E-state index in [4.69, 9.17) is 21.4 Å². The van der Waals surface area contributed by atoms with Crippen LogP contribution in [-0.2, 0) is 4.79 Å². The van der Waals surface area contributed by atoms with Crippen molar-refractivity contribution < 1.29 is 19.4 Å². The average Bonchev–Trinajstić information content (AvgIpc) is 2.54. The van der Waals surface area contributed by atoms with Crippen molar-refractivity contribution in [3.8, 4) is 5.75 Å². The van der Waals surface area contributed by atoms with Crippen molar-refractivity contribution in [2.75, 3.05) is 6.61 Å². The second-order valence-corrected chi connectivity index (χ2v) is 6.85. The van der Waals surface area contributed by atoms with Crippen LogP contribution in [0, 0.1) is 0 Å². The summed E-state index contributed by atoms with van der Waals surface area (Å²) in [7, 11) is 0. The number of hydrogen-bond acceptors (Lipinski definition) is 4. The number of hydrazone groups is 1. The molecule has 0 saturated heterocycles. The number of carboxylic acids is 1. The minimum atomic E-state index is -1.07. The van der Waals surface area contributed by atoms with Crippen molar-refractivity contribution in [3.63, 3.8) is 0 Å². The van der Waals surface area contributed by atoms with Gasteiger partial charge < -0.3 is 9.84 Å². The van der Waals surface area contributed by atoms with Crippen molar-refractivity contribution in [2.45, 2.75) is 0 Å². The number of carboxylic acid groups (broad SMARTS) is 1. The number of nitrogens with one attached hydrogen (secondary N) is 1. The highest BCUT2D eigenvalue weighted by Gasteiger charge is 2.10. The monoisotopic (exact) mass is 488 g/mol. The molecule has 9 heteroatoms. The molecule has 0 saturated carbocycles. The van der Waals surface area contributed by atoms with Gasteiger partial charge in [0.15, 0.2) is 6.61 Å². The van der Waals surface area contributed by atoms with Crippen LogP contribution in [0.25, 0.3) is 0 Å². The summed E-state index contributed by atoms with van der Waals surface area (Å²) in [5.41, 5.74) is 3.50. The average molecular weight is 491 g/mol. The van der Waals surface area contributed by atoms with E-state index < -0.39 is 12.6 Å². The molecule has 0 radical (unpaired) electrons. The Bertz CT molecular complexity index is 802. The van der Waals surface area contributed by atoms with Gasteiger partial charge in [-0.25, -0.2) is 10.2 Å². The molecule has 2 N–H and O–H groups in total. The fraction of sp³-hybridized carbons (Fsp3) is 0.0625. The number of amides is 1. The molecular formula is C16H11Br2ClN2O4. The van der Waals surface area contributed by atoms with Gasteiger partial charge in [-0.1, -0.05) is 11.6 Å². The molecule has 0 atom stereocenters. The summed E-state index contributed by atoms with van der Waals surface area (Å²) < 4.78 is 6.28. The SMILES string of the molecule is O=C(O)COc1c(Br)cc(/C=N\NC(=O)c2ccc(Cl)cc2)cc1Br. The predicted octanol–water partition coefficient (Wildman–Crippen LogP) is 4.09. The largest absolute Gasteiger partial charge is 0.480 e. The van der Waals surface area contributed by atoms with E-state index in [9.17, 15) is 9.59 Å². The maximum Gasteiger partial charge on any atom is 0.341 e. The van der Waals surface area contributed by atoms with Gasteiger partial charge in [0, 0.05) is 10.6 Å². The lowest BCUT2D eigenvalue weighted by molar-refractivity contribution is -0.139. The van der Waals surface area contributed by atoms with Crippen LogP contribution in [0.2, 0.25) is 5.02 Å². The Morgan fingerprint density at radius 2 is 1.80 bits per heavy atom. The van der Waals surface area contributed by atoms with Crippen molar-refractivity contribution in [2.24, 2.45) is 5.10 Å². The topological polar surface area (TPSA) is 88.0 Å². The number of benzene rings is 2. The Labute approximate surface area is 165 Å². The Morgan fingerprint density at radius 1 is 1.20 bits per heavy atom. The van der Waals surface area contributed by atoms with Crippen LogP contribution in [0.3, 0.4) is 0 Å². The zero-order valence-corrected chi connectivity index (χ0v) is 16.4. The van der Waals surface area contributed by atoms with E-state index in [0.29, 0.717) is 30.8 Å². The molecule has 0 spiro atoms. The molecule has 2 aromatic carbocycles. The molecule has 1 amide bonds.